The smallest absolute Gasteiger partial charge is 0.329 e. The Labute approximate surface area is 126 Å². The number of amides is 1. The average Bonchev–Trinajstić information content (AvgIpc) is 3.34. The van der Waals surface area contributed by atoms with Gasteiger partial charge in [-0.3, -0.25) is 4.79 Å². The number of benzene rings is 1. The molecule has 2 aliphatic carbocycles. The minimum Gasteiger partial charge on any atom is -0.480 e. The number of carboxylic acid groups (broad SMARTS) is 1. The van der Waals surface area contributed by atoms with Crippen LogP contribution in [0.15, 0.2) is 18.2 Å². The molecular weight excluding hydrogens is 292 g/mol. The zero-order valence-corrected chi connectivity index (χ0v) is 12.1. The second kappa shape index (κ2) is 5.04. The molecule has 3 atom stereocenters. The monoisotopic (exact) mass is 309 g/mol. The summed E-state index contributed by atoms with van der Waals surface area (Å²) in [5, 5.41) is 11.9. The molecule has 1 aromatic rings. The van der Waals surface area contributed by atoms with Crippen LogP contribution in [0.3, 0.4) is 0 Å². The molecule has 0 unspecified atom stereocenters. The first kappa shape index (κ1) is 14.9. The number of hydrogen-bond acceptors (Lipinski definition) is 2. The molecule has 2 N–H and O–H groups in total. The fraction of sp³-hybridized carbons (Fsp3) is 0.500. The average molecular weight is 309 g/mol. The van der Waals surface area contributed by atoms with Crippen LogP contribution in [0.2, 0.25) is 0 Å². The van der Waals surface area contributed by atoms with E-state index in [-0.39, 0.29) is 17.4 Å². The van der Waals surface area contributed by atoms with Crippen molar-refractivity contribution in [2.45, 2.75) is 37.6 Å². The summed E-state index contributed by atoms with van der Waals surface area (Å²) in [6, 6.07) is 3.91. The van der Waals surface area contributed by atoms with E-state index in [9.17, 15) is 23.5 Å². The molecule has 1 aromatic carbocycles. The van der Waals surface area contributed by atoms with Crippen LogP contribution in [0.25, 0.3) is 0 Å². The summed E-state index contributed by atoms with van der Waals surface area (Å²) in [5.74, 6) is -4.25. The third kappa shape index (κ3) is 2.46. The number of carbonyl (C=O) groups is 2. The first-order valence-electron chi connectivity index (χ1n) is 7.34. The van der Waals surface area contributed by atoms with E-state index in [2.05, 4.69) is 5.32 Å². The Hall–Kier alpha value is -1.98. The molecule has 3 rings (SSSR count). The Balaban J connectivity index is 1.70. The predicted molar refractivity (Wildman–Crippen MR) is 74.1 cm³/mol. The molecular formula is C16H17F2NO3. The Morgan fingerprint density at radius 3 is 2.59 bits per heavy atom. The van der Waals surface area contributed by atoms with Gasteiger partial charge < -0.3 is 10.4 Å². The van der Waals surface area contributed by atoms with E-state index in [0.29, 0.717) is 6.42 Å². The van der Waals surface area contributed by atoms with Gasteiger partial charge in [-0.1, -0.05) is 12.1 Å². The summed E-state index contributed by atoms with van der Waals surface area (Å²) < 4.78 is 27.0. The highest BCUT2D eigenvalue weighted by molar-refractivity contribution is 5.90. The van der Waals surface area contributed by atoms with Crippen LogP contribution in [0.5, 0.6) is 0 Å². The zero-order chi connectivity index (χ0) is 16.1. The fourth-order valence-electron chi connectivity index (χ4n) is 2.97. The van der Waals surface area contributed by atoms with Crippen LogP contribution < -0.4 is 5.32 Å². The minimum absolute atomic E-state index is 0.0583. The summed E-state index contributed by atoms with van der Waals surface area (Å²) in [6.07, 6.45) is 1.96. The van der Waals surface area contributed by atoms with Gasteiger partial charge in [-0.2, -0.15) is 0 Å². The first-order valence-corrected chi connectivity index (χ1v) is 7.34. The van der Waals surface area contributed by atoms with E-state index in [1.807, 2.05) is 0 Å². The molecule has 0 aliphatic heterocycles. The van der Waals surface area contributed by atoms with Crippen LogP contribution in [0, 0.1) is 23.5 Å². The maximum Gasteiger partial charge on any atom is 0.329 e. The van der Waals surface area contributed by atoms with E-state index < -0.39 is 35.0 Å². The van der Waals surface area contributed by atoms with Gasteiger partial charge in [0, 0.05) is 5.92 Å². The lowest BCUT2D eigenvalue weighted by molar-refractivity contribution is -0.148. The van der Waals surface area contributed by atoms with Crippen molar-refractivity contribution < 1.29 is 23.5 Å². The third-order valence-corrected chi connectivity index (χ3v) is 4.73. The summed E-state index contributed by atoms with van der Waals surface area (Å²) in [7, 11) is 0. The van der Waals surface area contributed by atoms with Crippen molar-refractivity contribution in [1.82, 2.24) is 5.32 Å². The third-order valence-electron chi connectivity index (χ3n) is 4.73. The normalized spacial score (nSPS) is 26.1. The van der Waals surface area contributed by atoms with Crippen molar-refractivity contribution in [2.75, 3.05) is 0 Å². The van der Waals surface area contributed by atoms with Crippen molar-refractivity contribution in [1.29, 1.82) is 0 Å². The summed E-state index contributed by atoms with van der Waals surface area (Å²) >= 11 is 0. The fourth-order valence-corrected chi connectivity index (χ4v) is 2.97. The molecule has 0 bridgehead atoms. The molecule has 0 spiro atoms. The number of aliphatic carboxylic acids is 1. The highest BCUT2D eigenvalue weighted by atomic mass is 19.2. The highest BCUT2D eigenvalue weighted by Gasteiger charge is 2.52. The molecule has 2 fully saturated rings. The van der Waals surface area contributed by atoms with Crippen LogP contribution in [0.4, 0.5) is 8.78 Å². The van der Waals surface area contributed by atoms with Gasteiger partial charge in [-0.05, 0) is 49.7 Å². The summed E-state index contributed by atoms with van der Waals surface area (Å²) in [5.41, 5.74) is -1.09. The Kier molecular flexibility index (Phi) is 3.42. The van der Waals surface area contributed by atoms with Gasteiger partial charge in [0.05, 0.1) is 0 Å². The minimum atomic E-state index is -1.27. The number of nitrogens with one attached hydrogen (secondary N) is 1. The molecule has 6 heteroatoms. The van der Waals surface area contributed by atoms with E-state index in [1.54, 1.807) is 0 Å². The van der Waals surface area contributed by atoms with Crippen molar-refractivity contribution in [3.63, 3.8) is 0 Å². The topological polar surface area (TPSA) is 66.4 Å². The number of hydrogen-bond donors (Lipinski definition) is 2. The molecule has 0 saturated heterocycles. The molecule has 0 radical (unpaired) electrons. The molecule has 2 saturated carbocycles. The zero-order valence-electron chi connectivity index (χ0n) is 12.1. The summed E-state index contributed by atoms with van der Waals surface area (Å²) in [6.45, 7) is 1.51. The molecule has 2 aliphatic rings. The van der Waals surface area contributed by atoms with Crippen LogP contribution >= 0.6 is 0 Å². The lowest BCUT2D eigenvalue weighted by Crippen LogP contribution is -2.54. The first-order chi connectivity index (χ1) is 10.3. The van der Waals surface area contributed by atoms with Gasteiger partial charge in [0.2, 0.25) is 5.91 Å². The highest BCUT2D eigenvalue weighted by Crippen LogP contribution is 2.49. The lowest BCUT2D eigenvalue weighted by Gasteiger charge is -2.26. The van der Waals surface area contributed by atoms with Crippen molar-refractivity contribution in [3.05, 3.63) is 35.4 Å². The maximum absolute atomic E-state index is 13.7. The second-order valence-corrected chi connectivity index (χ2v) is 6.36. The van der Waals surface area contributed by atoms with Gasteiger partial charge >= 0.3 is 5.97 Å². The molecule has 22 heavy (non-hydrogen) atoms. The SMILES string of the molecule is C[C@](NC(=O)[C@H]1C[C@@H]1c1cccc(F)c1F)(C(=O)O)C1CC1. The van der Waals surface area contributed by atoms with Crippen LogP contribution in [-0.2, 0) is 9.59 Å². The van der Waals surface area contributed by atoms with E-state index in [4.69, 9.17) is 0 Å². The quantitative estimate of drug-likeness (QED) is 0.878. The number of rotatable bonds is 5. The van der Waals surface area contributed by atoms with Crippen molar-refractivity contribution in [2.24, 2.45) is 11.8 Å². The van der Waals surface area contributed by atoms with E-state index in [0.717, 1.165) is 18.9 Å². The van der Waals surface area contributed by atoms with E-state index >= 15 is 0 Å². The Morgan fingerprint density at radius 2 is 2.00 bits per heavy atom. The molecule has 0 heterocycles. The van der Waals surface area contributed by atoms with Gasteiger partial charge in [0.15, 0.2) is 11.6 Å². The van der Waals surface area contributed by atoms with Crippen LogP contribution in [0.1, 0.15) is 37.7 Å². The number of halogens is 2. The van der Waals surface area contributed by atoms with Crippen LogP contribution in [-0.4, -0.2) is 22.5 Å². The lowest BCUT2D eigenvalue weighted by atomic mass is 9.95. The second-order valence-electron chi connectivity index (χ2n) is 6.36. The Morgan fingerprint density at radius 1 is 1.32 bits per heavy atom. The Bertz CT molecular complexity index is 644. The van der Waals surface area contributed by atoms with Gasteiger partial charge in [0.25, 0.3) is 0 Å². The maximum atomic E-state index is 13.7. The number of carbonyl (C=O) groups excluding carboxylic acids is 1. The standard InChI is InChI=1S/C16H17F2NO3/c1-16(15(21)22,8-5-6-8)19-14(20)11-7-10(11)9-3-2-4-12(17)13(9)18/h2-4,8,10-11H,5-7H2,1H3,(H,19,20)(H,21,22)/t10-,11+,16-/m1/s1. The van der Waals surface area contributed by atoms with Gasteiger partial charge in [-0.15, -0.1) is 0 Å². The summed E-state index contributed by atoms with van der Waals surface area (Å²) in [4.78, 5) is 23.7. The van der Waals surface area contributed by atoms with Gasteiger partial charge in [-0.25, -0.2) is 13.6 Å². The van der Waals surface area contributed by atoms with E-state index in [1.165, 1.54) is 19.1 Å². The largest absolute Gasteiger partial charge is 0.480 e. The molecule has 118 valence electrons. The predicted octanol–water partition coefficient (Wildman–Crippen LogP) is 2.44. The number of carboxylic acids is 1. The van der Waals surface area contributed by atoms with Crippen molar-refractivity contribution >= 4 is 11.9 Å². The van der Waals surface area contributed by atoms with Crippen molar-refractivity contribution in [3.8, 4) is 0 Å². The molecule has 0 aromatic heterocycles. The molecule has 4 nitrogen and oxygen atoms in total. The van der Waals surface area contributed by atoms with Gasteiger partial charge in [0.1, 0.15) is 5.54 Å². The molecule has 1 amide bonds.